The van der Waals surface area contributed by atoms with Crippen molar-refractivity contribution in [1.29, 1.82) is 0 Å². The zero-order chi connectivity index (χ0) is 12.3. The van der Waals surface area contributed by atoms with Crippen molar-refractivity contribution in [2.45, 2.75) is 12.8 Å². The summed E-state index contributed by atoms with van der Waals surface area (Å²) in [6.45, 7) is 2.79. The maximum atomic E-state index is 5.74. The molecule has 5 nitrogen and oxygen atoms in total. The summed E-state index contributed by atoms with van der Waals surface area (Å²) in [6.07, 6.45) is 3.29. The maximum absolute atomic E-state index is 5.74. The summed E-state index contributed by atoms with van der Waals surface area (Å²) in [7, 11) is 0. The number of anilines is 2. The lowest BCUT2D eigenvalue weighted by atomic mass is 10.2. The van der Waals surface area contributed by atoms with E-state index in [0.717, 1.165) is 5.01 Å². The Morgan fingerprint density at radius 2 is 2.35 bits per heavy atom. The van der Waals surface area contributed by atoms with Gasteiger partial charge in [-0.2, -0.15) is 4.98 Å². The summed E-state index contributed by atoms with van der Waals surface area (Å²) in [5.74, 6) is 0.858. The summed E-state index contributed by atoms with van der Waals surface area (Å²) in [6, 6.07) is 0. The average molecular weight is 270 g/mol. The summed E-state index contributed by atoms with van der Waals surface area (Å²) in [5, 5.41) is 6.37. The van der Waals surface area contributed by atoms with Gasteiger partial charge in [0, 0.05) is 24.0 Å². The number of hydrogen-bond donors (Lipinski definition) is 2. The van der Waals surface area contributed by atoms with Crippen LogP contribution in [-0.4, -0.2) is 21.5 Å². The Bertz CT molecular complexity index is 487. The molecule has 3 N–H and O–H groups in total. The van der Waals surface area contributed by atoms with Crippen molar-refractivity contribution >= 4 is 34.4 Å². The van der Waals surface area contributed by atoms with E-state index in [-0.39, 0.29) is 5.28 Å². The van der Waals surface area contributed by atoms with Crippen LogP contribution in [-0.2, 0) is 0 Å². The summed E-state index contributed by atoms with van der Waals surface area (Å²) in [4.78, 5) is 12.1. The zero-order valence-electron chi connectivity index (χ0n) is 9.22. The van der Waals surface area contributed by atoms with Crippen LogP contribution in [0.3, 0.4) is 0 Å². The molecule has 0 spiro atoms. The summed E-state index contributed by atoms with van der Waals surface area (Å²) < 4.78 is 0. The maximum Gasteiger partial charge on any atom is 0.224 e. The zero-order valence-corrected chi connectivity index (χ0v) is 10.8. The van der Waals surface area contributed by atoms with Crippen LogP contribution < -0.4 is 11.1 Å². The van der Waals surface area contributed by atoms with E-state index in [4.69, 9.17) is 17.3 Å². The lowest BCUT2D eigenvalue weighted by Gasteiger charge is -2.11. The van der Waals surface area contributed by atoms with Crippen LogP contribution in [0.25, 0.3) is 0 Å². The molecule has 17 heavy (non-hydrogen) atoms. The molecule has 2 aromatic rings. The van der Waals surface area contributed by atoms with Gasteiger partial charge < -0.3 is 11.1 Å². The molecule has 7 heteroatoms. The molecule has 0 aliphatic carbocycles. The highest BCUT2D eigenvalue weighted by Crippen LogP contribution is 2.20. The Morgan fingerprint density at radius 3 is 3.06 bits per heavy atom. The first-order valence-corrected chi connectivity index (χ1v) is 6.34. The number of nitrogens with two attached hydrogens (primary N) is 1. The third kappa shape index (κ3) is 3.04. The lowest BCUT2D eigenvalue weighted by molar-refractivity contribution is 0.792. The van der Waals surface area contributed by atoms with Crippen molar-refractivity contribution in [2.24, 2.45) is 0 Å². The molecule has 1 unspecified atom stereocenters. The molecule has 0 aliphatic heterocycles. The fraction of sp³-hybridized carbons (Fsp3) is 0.300. The average Bonchev–Trinajstić information content (AvgIpc) is 2.83. The van der Waals surface area contributed by atoms with Crippen LogP contribution in [0.5, 0.6) is 0 Å². The predicted molar refractivity (Wildman–Crippen MR) is 70.5 cm³/mol. The Labute approximate surface area is 108 Å². The van der Waals surface area contributed by atoms with Gasteiger partial charge in [0.1, 0.15) is 0 Å². The van der Waals surface area contributed by atoms with E-state index in [1.807, 2.05) is 5.38 Å². The van der Waals surface area contributed by atoms with E-state index in [1.165, 1.54) is 6.20 Å². The molecule has 0 saturated carbocycles. The molecule has 2 rings (SSSR count). The number of halogens is 1. The summed E-state index contributed by atoms with van der Waals surface area (Å²) >= 11 is 7.34. The van der Waals surface area contributed by atoms with E-state index >= 15 is 0 Å². The largest absolute Gasteiger partial charge is 0.394 e. The van der Waals surface area contributed by atoms with E-state index in [0.29, 0.717) is 24.0 Å². The highest BCUT2D eigenvalue weighted by molar-refractivity contribution is 7.09. The molecule has 0 saturated heterocycles. The number of aromatic nitrogens is 3. The van der Waals surface area contributed by atoms with Gasteiger partial charge in [0.15, 0.2) is 5.82 Å². The monoisotopic (exact) mass is 269 g/mol. The first-order valence-electron chi connectivity index (χ1n) is 5.08. The van der Waals surface area contributed by atoms with Crippen molar-refractivity contribution in [3.05, 3.63) is 28.1 Å². The topological polar surface area (TPSA) is 76.7 Å². The second-order valence-corrected chi connectivity index (χ2v) is 4.86. The number of nitrogens with one attached hydrogen (secondary N) is 1. The molecular formula is C10H12ClN5S. The van der Waals surface area contributed by atoms with Crippen LogP contribution in [0.15, 0.2) is 17.8 Å². The molecule has 2 aromatic heterocycles. The predicted octanol–water partition coefficient (Wildman–Crippen LogP) is 2.38. The number of thiazole rings is 1. The van der Waals surface area contributed by atoms with Crippen LogP contribution >= 0.6 is 22.9 Å². The first-order chi connectivity index (χ1) is 8.16. The van der Waals surface area contributed by atoms with Crippen molar-refractivity contribution in [3.63, 3.8) is 0 Å². The molecule has 90 valence electrons. The van der Waals surface area contributed by atoms with E-state index in [1.54, 1.807) is 17.5 Å². The smallest absolute Gasteiger partial charge is 0.224 e. The van der Waals surface area contributed by atoms with E-state index < -0.39 is 0 Å². The standard InChI is InChI=1S/C10H12ClN5S/c1-6(9-13-2-3-17-9)4-14-8-7(12)5-15-10(11)16-8/h2-3,5-6H,4,12H2,1H3,(H,14,15,16). The van der Waals surface area contributed by atoms with Crippen molar-refractivity contribution in [3.8, 4) is 0 Å². The highest BCUT2D eigenvalue weighted by Gasteiger charge is 2.09. The summed E-state index contributed by atoms with van der Waals surface area (Å²) in [5.41, 5.74) is 6.22. The van der Waals surface area contributed by atoms with Crippen molar-refractivity contribution < 1.29 is 0 Å². The van der Waals surface area contributed by atoms with Gasteiger partial charge in [0.25, 0.3) is 0 Å². The molecule has 0 bridgehead atoms. The minimum atomic E-state index is 0.184. The molecule has 2 heterocycles. The number of nitrogen functional groups attached to an aromatic ring is 1. The number of rotatable bonds is 4. The normalized spacial score (nSPS) is 12.4. The van der Waals surface area contributed by atoms with Crippen LogP contribution in [0, 0.1) is 0 Å². The molecule has 0 aromatic carbocycles. The Hall–Kier alpha value is -1.40. The van der Waals surface area contributed by atoms with Gasteiger partial charge in [-0.25, -0.2) is 9.97 Å². The van der Waals surface area contributed by atoms with E-state index in [9.17, 15) is 0 Å². The highest BCUT2D eigenvalue weighted by atomic mass is 35.5. The Kier molecular flexibility index (Phi) is 3.75. The van der Waals surface area contributed by atoms with Crippen molar-refractivity contribution in [1.82, 2.24) is 15.0 Å². The first kappa shape index (κ1) is 12.1. The Balaban J connectivity index is 2.00. The molecular weight excluding hydrogens is 258 g/mol. The molecule has 0 amide bonds. The molecule has 0 radical (unpaired) electrons. The van der Waals surface area contributed by atoms with Crippen LogP contribution in [0.2, 0.25) is 5.28 Å². The van der Waals surface area contributed by atoms with Gasteiger partial charge in [0.2, 0.25) is 5.28 Å². The number of nitrogens with zero attached hydrogens (tertiary/aromatic N) is 3. The minimum Gasteiger partial charge on any atom is -0.394 e. The van der Waals surface area contributed by atoms with Crippen LogP contribution in [0.1, 0.15) is 17.8 Å². The second kappa shape index (κ2) is 5.29. The lowest BCUT2D eigenvalue weighted by Crippen LogP contribution is -2.12. The molecule has 1 atom stereocenters. The van der Waals surface area contributed by atoms with Crippen molar-refractivity contribution in [2.75, 3.05) is 17.6 Å². The fourth-order valence-corrected chi connectivity index (χ4v) is 2.16. The van der Waals surface area contributed by atoms with Gasteiger partial charge in [-0.3, -0.25) is 0 Å². The van der Waals surface area contributed by atoms with Gasteiger partial charge in [-0.1, -0.05) is 6.92 Å². The Morgan fingerprint density at radius 1 is 1.53 bits per heavy atom. The SMILES string of the molecule is CC(CNc1nc(Cl)ncc1N)c1nccs1. The molecule has 0 aliphatic rings. The number of hydrogen-bond acceptors (Lipinski definition) is 6. The molecule has 0 fully saturated rings. The van der Waals surface area contributed by atoms with Gasteiger partial charge in [-0.05, 0) is 11.6 Å². The van der Waals surface area contributed by atoms with E-state index in [2.05, 4.69) is 27.2 Å². The van der Waals surface area contributed by atoms with Gasteiger partial charge >= 0.3 is 0 Å². The van der Waals surface area contributed by atoms with Crippen LogP contribution in [0.4, 0.5) is 11.5 Å². The third-order valence-corrected chi connectivity index (χ3v) is 3.43. The third-order valence-electron chi connectivity index (χ3n) is 2.24. The van der Waals surface area contributed by atoms with Gasteiger partial charge in [0.05, 0.1) is 16.9 Å². The second-order valence-electron chi connectivity index (χ2n) is 3.60. The van der Waals surface area contributed by atoms with Gasteiger partial charge in [-0.15, -0.1) is 11.3 Å². The fourth-order valence-electron chi connectivity index (χ4n) is 1.33. The minimum absolute atomic E-state index is 0.184. The quantitative estimate of drug-likeness (QED) is 0.834.